The Morgan fingerprint density at radius 2 is 2.31 bits per heavy atom. The van der Waals surface area contributed by atoms with Crippen molar-refractivity contribution in [3.63, 3.8) is 0 Å². The molecule has 2 atom stereocenters. The molecule has 3 nitrogen and oxygen atoms in total. The molecule has 1 rings (SSSR count). The van der Waals surface area contributed by atoms with Gasteiger partial charge >= 0.3 is 0 Å². The highest BCUT2D eigenvalue weighted by Crippen LogP contribution is 2.35. The Balaban J connectivity index is 2.84. The molecule has 13 heavy (non-hydrogen) atoms. The Morgan fingerprint density at radius 3 is 2.69 bits per heavy atom. The van der Waals surface area contributed by atoms with Crippen LogP contribution in [0.1, 0.15) is 39.0 Å². The van der Waals surface area contributed by atoms with Gasteiger partial charge < -0.3 is 11.1 Å². The average molecular weight is 184 g/mol. The molecule has 1 saturated carbocycles. The van der Waals surface area contributed by atoms with Crippen LogP contribution in [0.5, 0.6) is 0 Å². The van der Waals surface area contributed by atoms with E-state index in [1.165, 1.54) is 6.42 Å². The summed E-state index contributed by atoms with van der Waals surface area (Å²) in [4.78, 5) is 11.4. The number of carbonyl (C=O) groups is 1. The third kappa shape index (κ3) is 1.70. The lowest BCUT2D eigenvalue weighted by Gasteiger charge is -2.41. The third-order valence-electron chi connectivity index (χ3n) is 3.45. The van der Waals surface area contributed by atoms with Gasteiger partial charge in [-0.2, -0.15) is 0 Å². The molecule has 1 aliphatic rings. The molecule has 2 unspecified atom stereocenters. The zero-order chi connectivity index (χ0) is 9.90. The van der Waals surface area contributed by atoms with E-state index in [0.29, 0.717) is 5.92 Å². The molecule has 0 bridgehead atoms. The number of primary amides is 1. The van der Waals surface area contributed by atoms with Gasteiger partial charge in [0.25, 0.3) is 0 Å². The molecule has 0 spiro atoms. The molecule has 1 aliphatic carbocycles. The minimum atomic E-state index is -0.424. The van der Waals surface area contributed by atoms with Gasteiger partial charge in [0.05, 0.1) is 0 Å². The van der Waals surface area contributed by atoms with Crippen molar-refractivity contribution in [2.24, 2.45) is 11.7 Å². The molecule has 3 heteroatoms. The van der Waals surface area contributed by atoms with Crippen molar-refractivity contribution >= 4 is 5.91 Å². The van der Waals surface area contributed by atoms with Crippen LogP contribution < -0.4 is 11.1 Å². The maximum Gasteiger partial charge on any atom is 0.238 e. The summed E-state index contributed by atoms with van der Waals surface area (Å²) in [5.41, 5.74) is 5.05. The molecule has 0 heterocycles. The fraction of sp³-hybridized carbons (Fsp3) is 0.900. The smallest absolute Gasteiger partial charge is 0.238 e. The summed E-state index contributed by atoms with van der Waals surface area (Å²) in [5, 5.41) is 3.14. The summed E-state index contributed by atoms with van der Waals surface area (Å²) in [6, 6.07) is 0. The Morgan fingerprint density at radius 1 is 1.62 bits per heavy atom. The quantitative estimate of drug-likeness (QED) is 0.688. The van der Waals surface area contributed by atoms with E-state index in [1.54, 1.807) is 0 Å². The summed E-state index contributed by atoms with van der Waals surface area (Å²) >= 11 is 0. The van der Waals surface area contributed by atoms with Crippen LogP contribution in [0.4, 0.5) is 0 Å². The van der Waals surface area contributed by atoms with Crippen molar-refractivity contribution in [1.82, 2.24) is 5.32 Å². The number of hydrogen-bond acceptors (Lipinski definition) is 2. The van der Waals surface area contributed by atoms with E-state index < -0.39 is 5.54 Å². The highest BCUT2D eigenvalue weighted by Gasteiger charge is 2.43. The molecular weight excluding hydrogens is 164 g/mol. The first kappa shape index (κ1) is 10.5. The minimum absolute atomic E-state index is 0.179. The Labute approximate surface area is 80.1 Å². The molecule has 0 aliphatic heterocycles. The average Bonchev–Trinajstić information content (AvgIpc) is 2.17. The molecule has 3 N–H and O–H groups in total. The maximum absolute atomic E-state index is 11.4. The maximum atomic E-state index is 11.4. The van der Waals surface area contributed by atoms with Gasteiger partial charge in [0, 0.05) is 0 Å². The SMILES string of the molecule is CCC1CCCCC1(NC)C(N)=O. The largest absolute Gasteiger partial charge is 0.368 e. The van der Waals surface area contributed by atoms with Crippen LogP contribution >= 0.6 is 0 Å². The van der Waals surface area contributed by atoms with Crippen molar-refractivity contribution in [3.8, 4) is 0 Å². The van der Waals surface area contributed by atoms with Gasteiger partial charge in [-0.25, -0.2) is 0 Å². The number of rotatable bonds is 3. The van der Waals surface area contributed by atoms with Crippen LogP contribution in [-0.4, -0.2) is 18.5 Å². The first-order chi connectivity index (χ1) is 6.17. The van der Waals surface area contributed by atoms with Crippen molar-refractivity contribution in [1.29, 1.82) is 0 Å². The van der Waals surface area contributed by atoms with E-state index in [1.807, 2.05) is 7.05 Å². The first-order valence-electron chi connectivity index (χ1n) is 5.16. The Kier molecular flexibility index (Phi) is 3.31. The molecule has 0 aromatic rings. The number of nitrogens with one attached hydrogen (secondary N) is 1. The zero-order valence-electron chi connectivity index (χ0n) is 8.60. The van der Waals surface area contributed by atoms with Crippen LogP contribution in [0.15, 0.2) is 0 Å². The monoisotopic (exact) mass is 184 g/mol. The van der Waals surface area contributed by atoms with Crippen molar-refractivity contribution in [2.45, 2.75) is 44.6 Å². The van der Waals surface area contributed by atoms with E-state index in [0.717, 1.165) is 25.7 Å². The van der Waals surface area contributed by atoms with Gasteiger partial charge in [-0.05, 0) is 25.8 Å². The third-order valence-corrected chi connectivity index (χ3v) is 3.45. The molecule has 0 radical (unpaired) electrons. The van der Waals surface area contributed by atoms with Gasteiger partial charge in [0.1, 0.15) is 5.54 Å². The second kappa shape index (κ2) is 4.09. The number of likely N-dealkylation sites (N-methyl/N-ethyl adjacent to an activating group) is 1. The first-order valence-corrected chi connectivity index (χ1v) is 5.16. The van der Waals surface area contributed by atoms with E-state index in [2.05, 4.69) is 12.2 Å². The van der Waals surface area contributed by atoms with Gasteiger partial charge in [-0.1, -0.05) is 26.2 Å². The molecule has 76 valence electrons. The van der Waals surface area contributed by atoms with Crippen LogP contribution in [0, 0.1) is 5.92 Å². The van der Waals surface area contributed by atoms with Crippen molar-refractivity contribution in [3.05, 3.63) is 0 Å². The molecule has 1 amide bonds. The second-order valence-corrected chi connectivity index (χ2v) is 3.94. The lowest BCUT2D eigenvalue weighted by molar-refractivity contribution is -0.128. The summed E-state index contributed by atoms with van der Waals surface area (Å²) in [5.74, 6) is 0.241. The Bertz CT molecular complexity index is 193. The zero-order valence-corrected chi connectivity index (χ0v) is 8.60. The standard InChI is InChI=1S/C10H20N2O/c1-3-8-6-4-5-7-10(8,12-2)9(11)13/h8,12H,3-7H2,1-2H3,(H2,11,13). The van der Waals surface area contributed by atoms with E-state index >= 15 is 0 Å². The van der Waals surface area contributed by atoms with Crippen LogP contribution in [0.2, 0.25) is 0 Å². The predicted molar refractivity (Wildman–Crippen MR) is 53.2 cm³/mol. The van der Waals surface area contributed by atoms with E-state index in [9.17, 15) is 4.79 Å². The highest BCUT2D eigenvalue weighted by molar-refractivity contribution is 5.85. The van der Waals surface area contributed by atoms with Crippen LogP contribution in [0.25, 0.3) is 0 Å². The summed E-state index contributed by atoms with van der Waals surface area (Å²) in [6.45, 7) is 2.13. The lowest BCUT2D eigenvalue weighted by Crippen LogP contribution is -2.60. The molecule has 0 aromatic heterocycles. The van der Waals surface area contributed by atoms with E-state index in [4.69, 9.17) is 5.73 Å². The van der Waals surface area contributed by atoms with Gasteiger partial charge in [0.2, 0.25) is 5.91 Å². The topological polar surface area (TPSA) is 55.1 Å². The van der Waals surface area contributed by atoms with Gasteiger partial charge in [-0.3, -0.25) is 4.79 Å². The van der Waals surface area contributed by atoms with Gasteiger partial charge in [-0.15, -0.1) is 0 Å². The normalized spacial score (nSPS) is 34.5. The predicted octanol–water partition coefficient (Wildman–Crippen LogP) is 1.03. The second-order valence-electron chi connectivity index (χ2n) is 3.94. The fourth-order valence-electron chi connectivity index (χ4n) is 2.57. The number of hydrogen-bond donors (Lipinski definition) is 2. The molecule has 0 aromatic carbocycles. The van der Waals surface area contributed by atoms with Crippen LogP contribution in [0.3, 0.4) is 0 Å². The lowest BCUT2D eigenvalue weighted by atomic mass is 9.71. The Hall–Kier alpha value is -0.570. The van der Waals surface area contributed by atoms with Crippen LogP contribution in [-0.2, 0) is 4.79 Å². The summed E-state index contributed by atoms with van der Waals surface area (Å²) in [6.07, 6.45) is 5.40. The highest BCUT2D eigenvalue weighted by atomic mass is 16.1. The molecule has 0 saturated heterocycles. The van der Waals surface area contributed by atoms with Crippen molar-refractivity contribution in [2.75, 3.05) is 7.05 Å². The van der Waals surface area contributed by atoms with Crippen molar-refractivity contribution < 1.29 is 4.79 Å². The summed E-state index contributed by atoms with van der Waals surface area (Å²) in [7, 11) is 1.85. The number of carbonyl (C=O) groups excluding carboxylic acids is 1. The fourth-order valence-corrected chi connectivity index (χ4v) is 2.57. The minimum Gasteiger partial charge on any atom is -0.368 e. The molecular formula is C10H20N2O. The summed E-state index contributed by atoms with van der Waals surface area (Å²) < 4.78 is 0. The number of amides is 1. The van der Waals surface area contributed by atoms with Gasteiger partial charge in [0.15, 0.2) is 0 Å². The number of nitrogens with two attached hydrogens (primary N) is 1. The molecule has 1 fully saturated rings. The van der Waals surface area contributed by atoms with E-state index in [-0.39, 0.29) is 5.91 Å².